The van der Waals surface area contributed by atoms with Gasteiger partial charge in [-0.1, -0.05) is 25.3 Å². The summed E-state index contributed by atoms with van der Waals surface area (Å²) in [5.41, 5.74) is 1.71. The van der Waals surface area contributed by atoms with E-state index in [2.05, 4.69) is 10.4 Å². The third kappa shape index (κ3) is 5.30. The van der Waals surface area contributed by atoms with E-state index in [1.54, 1.807) is 18.0 Å². The van der Waals surface area contributed by atoms with Crippen molar-refractivity contribution in [1.82, 2.24) is 4.98 Å². The molecule has 1 saturated heterocycles. The van der Waals surface area contributed by atoms with E-state index >= 15 is 0 Å². The van der Waals surface area contributed by atoms with Gasteiger partial charge in [0, 0.05) is 44.4 Å². The largest absolute Gasteiger partial charge is 0.388 e. The smallest absolute Gasteiger partial charge is 0.245 e. The van der Waals surface area contributed by atoms with Crippen LogP contribution in [0, 0.1) is 5.38 Å². The van der Waals surface area contributed by atoms with E-state index in [0.717, 1.165) is 27.8 Å². The summed E-state index contributed by atoms with van der Waals surface area (Å²) in [5, 5.41) is 12.4. The Labute approximate surface area is 192 Å². The van der Waals surface area contributed by atoms with Gasteiger partial charge in [0.05, 0.1) is 6.10 Å². The zero-order valence-electron chi connectivity index (χ0n) is 14.5. The molecule has 2 aromatic rings. The number of nitrogens with zero attached hydrogens (tertiary/aromatic N) is 2. The molecule has 2 heterocycles. The third-order valence-electron chi connectivity index (χ3n) is 4.34. The van der Waals surface area contributed by atoms with E-state index in [9.17, 15) is 9.90 Å². The minimum Gasteiger partial charge on any atom is -0.388 e. The fourth-order valence-corrected chi connectivity index (χ4v) is 4.93. The molecular weight excluding hydrogens is 465 g/mol. The summed E-state index contributed by atoms with van der Waals surface area (Å²) in [5.74, 6) is 0.842. The van der Waals surface area contributed by atoms with Crippen LogP contribution in [0.3, 0.4) is 0 Å². The number of aliphatic hydroxyl groups is 1. The van der Waals surface area contributed by atoms with E-state index in [1.165, 1.54) is 11.3 Å². The number of hydrogen-bond donors (Lipinski definition) is 1. The van der Waals surface area contributed by atoms with Gasteiger partial charge in [0.25, 0.3) is 0 Å². The van der Waals surface area contributed by atoms with Gasteiger partial charge in [-0.05, 0) is 47.1 Å². The summed E-state index contributed by atoms with van der Waals surface area (Å²) in [6.07, 6.45) is 3.40. The molecule has 4 nitrogen and oxygen atoms in total. The fraction of sp³-hybridized carbons (Fsp3) is 0.444. The fourth-order valence-electron chi connectivity index (χ4n) is 2.98. The number of amides is 1. The average Bonchev–Trinajstić information content (AvgIpc) is 3.23. The molecule has 8 heteroatoms. The van der Waals surface area contributed by atoms with Crippen LogP contribution in [0.4, 0.5) is 5.69 Å². The molecule has 1 amide bonds. The predicted molar refractivity (Wildman–Crippen MR) is 104 cm³/mol. The van der Waals surface area contributed by atoms with Crippen LogP contribution in [0.15, 0.2) is 34.8 Å². The van der Waals surface area contributed by atoms with Crippen molar-refractivity contribution in [1.29, 1.82) is 0 Å². The number of aliphatic hydroxyl groups excluding tert-OH is 1. The summed E-state index contributed by atoms with van der Waals surface area (Å²) in [4.78, 5) is 18.5. The Kier molecular flexibility index (Phi) is 9.04. The number of rotatable bonds is 7. The molecule has 0 spiro atoms. The predicted octanol–water partition coefficient (Wildman–Crippen LogP) is 4.28. The van der Waals surface area contributed by atoms with Gasteiger partial charge in [-0.15, -0.1) is 11.6 Å². The van der Waals surface area contributed by atoms with E-state index in [4.69, 9.17) is 11.6 Å². The number of hydrogen-bond acceptors (Lipinski definition) is 5. The Morgan fingerprint density at radius 1 is 1.46 bits per heavy atom. The summed E-state index contributed by atoms with van der Waals surface area (Å²) < 4.78 is 0.996. The number of anilines is 1. The van der Waals surface area contributed by atoms with Gasteiger partial charge < -0.3 is 26.3 Å². The molecular formula is C18H20ClN2O2S2Y-. The Bertz CT molecular complexity index is 700. The maximum atomic E-state index is 12.5. The minimum atomic E-state index is -0.468. The second-order valence-electron chi connectivity index (χ2n) is 5.96. The Balaban J connectivity index is 0.00000243. The molecule has 1 aliphatic rings. The molecule has 137 valence electrons. The second kappa shape index (κ2) is 10.5. The van der Waals surface area contributed by atoms with E-state index in [0.29, 0.717) is 12.8 Å². The number of alkyl halides is 1. The number of benzene rings is 1. The summed E-state index contributed by atoms with van der Waals surface area (Å²) in [6, 6.07) is 7.66. The number of thiazole rings is 1. The molecule has 26 heavy (non-hydrogen) atoms. The maximum absolute atomic E-state index is 12.5. The molecule has 1 aromatic heterocycles. The monoisotopic (exact) mass is 484 g/mol. The molecule has 1 fully saturated rings. The summed E-state index contributed by atoms with van der Waals surface area (Å²) in [7, 11) is 0. The number of halogens is 1. The van der Waals surface area contributed by atoms with Crippen LogP contribution in [-0.2, 0) is 37.5 Å². The second-order valence-corrected chi connectivity index (χ2v) is 8.66. The minimum absolute atomic E-state index is 0. The summed E-state index contributed by atoms with van der Waals surface area (Å²) in [6.45, 7) is 1.94. The first kappa shape index (κ1) is 22.3. The van der Waals surface area contributed by atoms with Gasteiger partial charge in [-0.25, -0.2) is 0 Å². The van der Waals surface area contributed by atoms with Crippen LogP contribution >= 0.6 is 34.7 Å². The standard InChI is InChI=1S/C18H20ClN2O2S2.Y/c1-2-16(22)12-3-5-13(6-4-12)21-14(11-15(19)17(21)23)7-9-24-18-20-8-10-25-18;/h3-6,8,14-16,22H,2,7,9,11H2,1H3;/q-1;. The quantitative estimate of drug-likeness (QED) is 0.362. The maximum Gasteiger partial charge on any atom is 0.245 e. The van der Waals surface area contributed by atoms with Gasteiger partial charge in [0.2, 0.25) is 5.91 Å². The van der Waals surface area contributed by atoms with E-state index < -0.39 is 11.5 Å². The van der Waals surface area contributed by atoms with Crippen molar-refractivity contribution in [3.05, 3.63) is 41.4 Å². The molecule has 1 N–H and O–H groups in total. The van der Waals surface area contributed by atoms with Gasteiger partial charge in [-0.3, -0.25) is 4.79 Å². The third-order valence-corrected chi connectivity index (χ3v) is 6.60. The van der Waals surface area contributed by atoms with Crippen molar-refractivity contribution < 1.29 is 42.6 Å². The molecule has 1 radical (unpaired) electrons. The molecule has 3 rings (SSSR count). The topological polar surface area (TPSA) is 53.4 Å². The number of thioether (sulfide) groups is 1. The van der Waals surface area contributed by atoms with Crippen LogP contribution in [0.2, 0.25) is 0 Å². The molecule has 3 atom stereocenters. The Hall–Kier alpha value is 0.0239. The van der Waals surface area contributed by atoms with E-state index in [-0.39, 0.29) is 44.7 Å². The van der Waals surface area contributed by atoms with Crippen molar-refractivity contribution in [2.24, 2.45) is 0 Å². The summed E-state index contributed by atoms with van der Waals surface area (Å²) >= 11 is 9.42. The molecule has 1 aliphatic heterocycles. The molecule has 3 unspecified atom stereocenters. The zero-order chi connectivity index (χ0) is 17.8. The van der Waals surface area contributed by atoms with Crippen LogP contribution in [0.1, 0.15) is 37.9 Å². The number of carbonyl (C=O) groups excluding carboxylic acids is 1. The van der Waals surface area contributed by atoms with Gasteiger partial charge >= 0.3 is 0 Å². The van der Waals surface area contributed by atoms with Gasteiger partial charge in [0.1, 0.15) is 5.38 Å². The Morgan fingerprint density at radius 3 is 2.81 bits per heavy atom. The number of aromatic nitrogens is 1. The number of carbonyl (C=O) groups is 1. The molecule has 0 saturated carbocycles. The van der Waals surface area contributed by atoms with Crippen LogP contribution in [-0.4, -0.2) is 33.2 Å². The van der Waals surface area contributed by atoms with Crippen molar-refractivity contribution in [3.8, 4) is 0 Å². The molecule has 0 bridgehead atoms. The van der Waals surface area contributed by atoms with Gasteiger partial charge in [-0.2, -0.15) is 17.1 Å². The Morgan fingerprint density at radius 2 is 2.19 bits per heavy atom. The van der Waals surface area contributed by atoms with Crippen molar-refractivity contribution in [3.63, 3.8) is 0 Å². The first-order chi connectivity index (χ1) is 12.1. The van der Waals surface area contributed by atoms with Crippen LogP contribution in [0.5, 0.6) is 0 Å². The van der Waals surface area contributed by atoms with Crippen LogP contribution < -0.4 is 4.90 Å². The van der Waals surface area contributed by atoms with Crippen molar-refractivity contribution >= 4 is 46.3 Å². The average molecular weight is 485 g/mol. The zero-order valence-corrected chi connectivity index (χ0v) is 19.7. The first-order valence-electron chi connectivity index (χ1n) is 8.30. The van der Waals surface area contributed by atoms with Gasteiger partial charge in [0.15, 0.2) is 0 Å². The van der Waals surface area contributed by atoms with E-state index in [1.807, 2.05) is 36.1 Å². The normalized spacial score (nSPS) is 20.9. The molecule has 1 aromatic carbocycles. The van der Waals surface area contributed by atoms with Crippen molar-refractivity contribution in [2.75, 3.05) is 10.7 Å². The first-order valence-corrected chi connectivity index (χ1v) is 10.5. The van der Waals surface area contributed by atoms with Crippen LogP contribution in [0.25, 0.3) is 0 Å². The SMILES string of the molecule is CCC(O)c1ccc(N2C(=O)C(Cl)CC2CCSc2nc[c-]s2)cc1.[Y]. The molecule has 0 aliphatic carbocycles. The van der Waals surface area contributed by atoms with Crippen molar-refractivity contribution in [2.45, 2.75) is 48.0 Å².